The number of likely N-dealkylation sites (tertiary alicyclic amines) is 1. The Morgan fingerprint density at radius 1 is 1.43 bits per heavy atom. The summed E-state index contributed by atoms with van der Waals surface area (Å²) in [6, 6.07) is 4.23. The summed E-state index contributed by atoms with van der Waals surface area (Å²) in [5, 5.41) is 20.6. The minimum Gasteiger partial charge on any atom is -0.478 e. The number of rotatable bonds is 4. The number of hydrogen-bond acceptors (Lipinski definition) is 3. The first kappa shape index (κ1) is 15.8. The minimum absolute atomic E-state index is 0.119. The molecular formula is C14H17BrN2O4. The second-order valence-corrected chi connectivity index (χ2v) is 5.90. The molecule has 1 unspecified atom stereocenters. The predicted molar refractivity (Wildman–Crippen MR) is 81.5 cm³/mol. The molecule has 0 bridgehead atoms. The van der Waals surface area contributed by atoms with Crippen molar-refractivity contribution in [2.24, 2.45) is 5.92 Å². The maximum absolute atomic E-state index is 12.2. The molecule has 1 aromatic carbocycles. The molecule has 0 aliphatic carbocycles. The third-order valence-electron chi connectivity index (χ3n) is 3.57. The summed E-state index contributed by atoms with van der Waals surface area (Å²) in [6.07, 6.45) is 1.58. The molecule has 6 nitrogen and oxygen atoms in total. The molecule has 114 valence electrons. The molecule has 7 heteroatoms. The molecule has 1 aromatic rings. The van der Waals surface area contributed by atoms with E-state index >= 15 is 0 Å². The minimum atomic E-state index is -1.04. The third kappa shape index (κ3) is 3.95. The highest BCUT2D eigenvalue weighted by molar-refractivity contribution is 9.10. The van der Waals surface area contributed by atoms with Crippen molar-refractivity contribution in [1.29, 1.82) is 0 Å². The number of carboxylic acid groups (broad SMARTS) is 1. The molecular weight excluding hydrogens is 340 g/mol. The predicted octanol–water partition coefficient (Wildman–Crippen LogP) is 2.38. The lowest BCUT2D eigenvalue weighted by molar-refractivity contribution is 0.0697. The number of aliphatic hydroxyl groups excluding tert-OH is 1. The summed E-state index contributed by atoms with van der Waals surface area (Å²) in [5.41, 5.74) is 0.554. The summed E-state index contributed by atoms with van der Waals surface area (Å²) in [4.78, 5) is 24.8. The molecule has 1 aliphatic heterocycles. The maximum Gasteiger partial charge on any atom is 0.335 e. The molecule has 1 aliphatic rings. The summed E-state index contributed by atoms with van der Waals surface area (Å²) in [6.45, 7) is 1.39. The standard InChI is InChI=1S/C14H17BrN2O4/c15-11-2-1-10(13(19)20)7-12(11)16-14(21)17-5-3-9(8-17)4-6-18/h1-2,7,9,18H,3-6,8H2,(H,16,21)(H,19,20). The smallest absolute Gasteiger partial charge is 0.335 e. The zero-order chi connectivity index (χ0) is 15.4. The van der Waals surface area contributed by atoms with Crippen molar-refractivity contribution in [2.75, 3.05) is 25.0 Å². The fourth-order valence-electron chi connectivity index (χ4n) is 2.38. The van der Waals surface area contributed by atoms with Gasteiger partial charge in [0.05, 0.1) is 11.3 Å². The topological polar surface area (TPSA) is 89.9 Å². The highest BCUT2D eigenvalue weighted by Crippen LogP contribution is 2.25. The number of carbonyl (C=O) groups excluding carboxylic acids is 1. The normalized spacial score (nSPS) is 17.8. The van der Waals surface area contributed by atoms with Gasteiger partial charge in [-0.2, -0.15) is 0 Å². The highest BCUT2D eigenvalue weighted by Gasteiger charge is 2.26. The largest absolute Gasteiger partial charge is 0.478 e. The van der Waals surface area contributed by atoms with E-state index < -0.39 is 5.97 Å². The van der Waals surface area contributed by atoms with Gasteiger partial charge in [0.2, 0.25) is 0 Å². The zero-order valence-corrected chi connectivity index (χ0v) is 13.0. The van der Waals surface area contributed by atoms with Gasteiger partial charge >= 0.3 is 12.0 Å². The number of hydrogen-bond donors (Lipinski definition) is 3. The number of aliphatic hydroxyl groups is 1. The Hall–Kier alpha value is -1.60. The van der Waals surface area contributed by atoms with E-state index in [9.17, 15) is 9.59 Å². The Balaban J connectivity index is 2.03. The molecule has 0 radical (unpaired) electrons. The zero-order valence-electron chi connectivity index (χ0n) is 11.4. The molecule has 0 spiro atoms. The van der Waals surface area contributed by atoms with Crippen LogP contribution in [0.25, 0.3) is 0 Å². The van der Waals surface area contributed by atoms with Crippen molar-refractivity contribution in [2.45, 2.75) is 12.8 Å². The van der Waals surface area contributed by atoms with Gasteiger partial charge < -0.3 is 20.4 Å². The van der Waals surface area contributed by atoms with Gasteiger partial charge in [-0.15, -0.1) is 0 Å². The Labute approximate surface area is 130 Å². The van der Waals surface area contributed by atoms with Crippen LogP contribution >= 0.6 is 15.9 Å². The summed E-state index contributed by atoms with van der Waals surface area (Å²) < 4.78 is 0.631. The Morgan fingerprint density at radius 2 is 2.19 bits per heavy atom. The van der Waals surface area contributed by atoms with Gasteiger partial charge in [-0.05, 0) is 52.9 Å². The van der Waals surface area contributed by atoms with Crippen LogP contribution in [0, 0.1) is 5.92 Å². The van der Waals surface area contributed by atoms with Crippen molar-refractivity contribution in [3.05, 3.63) is 28.2 Å². The van der Waals surface area contributed by atoms with Crippen LogP contribution < -0.4 is 5.32 Å². The number of nitrogens with one attached hydrogen (secondary N) is 1. The van der Waals surface area contributed by atoms with Gasteiger partial charge in [-0.25, -0.2) is 9.59 Å². The molecule has 3 N–H and O–H groups in total. The fourth-order valence-corrected chi connectivity index (χ4v) is 2.73. The number of anilines is 1. The SMILES string of the molecule is O=C(O)c1ccc(Br)c(NC(=O)N2CCC(CCO)C2)c1. The fraction of sp³-hybridized carbons (Fsp3) is 0.429. The van der Waals surface area contributed by atoms with Crippen LogP contribution in [0.4, 0.5) is 10.5 Å². The molecule has 0 saturated carbocycles. The van der Waals surface area contributed by atoms with Crippen molar-refractivity contribution in [3.8, 4) is 0 Å². The van der Waals surface area contributed by atoms with Gasteiger partial charge in [-0.1, -0.05) is 0 Å². The molecule has 2 amide bonds. The van der Waals surface area contributed by atoms with E-state index in [4.69, 9.17) is 10.2 Å². The highest BCUT2D eigenvalue weighted by atomic mass is 79.9. The van der Waals surface area contributed by atoms with Crippen LogP contribution in [-0.2, 0) is 0 Å². The number of urea groups is 1. The lowest BCUT2D eigenvalue weighted by Crippen LogP contribution is -2.33. The van der Waals surface area contributed by atoms with E-state index in [1.807, 2.05) is 0 Å². The van der Waals surface area contributed by atoms with E-state index in [0.29, 0.717) is 35.6 Å². The molecule has 1 saturated heterocycles. The van der Waals surface area contributed by atoms with Crippen LogP contribution in [0.1, 0.15) is 23.2 Å². The summed E-state index contributed by atoms with van der Waals surface area (Å²) in [7, 11) is 0. The van der Waals surface area contributed by atoms with Gasteiger partial charge in [0.25, 0.3) is 0 Å². The number of aromatic carboxylic acids is 1. The second kappa shape index (κ2) is 6.91. The van der Waals surface area contributed by atoms with Crippen molar-refractivity contribution < 1.29 is 19.8 Å². The first-order valence-electron chi connectivity index (χ1n) is 6.71. The van der Waals surface area contributed by atoms with Crippen molar-refractivity contribution in [1.82, 2.24) is 4.90 Å². The molecule has 0 aromatic heterocycles. The van der Waals surface area contributed by atoms with Crippen LogP contribution in [0.5, 0.6) is 0 Å². The van der Waals surface area contributed by atoms with E-state index in [2.05, 4.69) is 21.2 Å². The first-order valence-corrected chi connectivity index (χ1v) is 7.50. The number of carbonyl (C=O) groups is 2. The first-order chi connectivity index (χ1) is 10.0. The number of benzene rings is 1. The Kier molecular flexibility index (Phi) is 5.19. The molecule has 1 heterocycles. The van der Waals surface area contributed by atoms with Gasteiger partial charge in [0, 0.05) is 24.2 Å². The van der Waals surface area contributed by atoms with E-state index in [-0.39, 0.29) is 18.2 Å². The molecule has 1 fully saturated rings. The van der Waals surface area contributed by atoms with Crippen molar-refractivity contribution in [3.63, 3.8) is 0 Å². The van der Waals surface area contributed by atoms with E-state index in [1.54, 1.807) is 11.0 Å². The van der Waals surface area contributed by atoms with Crippen molar-refractivity contribution >= 4 is 33.6 Å². The van der Waals surface area contributed by atoms with Crippen LogP contribution in [0.2, 0.25) is 0 Å². The lowest BCUT2D eigenvalue weighted by atomic mass is 10.1. The quantitative estimate of drug-likeness (QED) is 0.772. The van der Waals surface area contributed by atoms with Crippen LogP contribution in [0.15, 0.2) is 22.7 Å². The molecule has 2 rings (SSSR count). The van der Waals surface area contributed by atoms with E-state index in [1.165, 1.54) is 12.1 Å². The summed E-state index contributed by atoms with van der Waals surface area (Å²) in [5.74, 6) is -0.711. The Bertz CT molecular complexity index is 550. The number of amides is 2. The van der Waals surface area contributed by atoms with Crippen LogP contribution in [0.3, 0.4) is 0 Å². The van der Waals surface area contributed by atoms with Gasteiger partial charge in [0.15, 0.2) is 0 Å². The monoisotopic (exact) mass is 356 g/mol. The maximum atomic E-state index is 12.2. The second-order valence-electron chi connectivity index (χ2n) is 5.04. The Morgan fingerprint density at radius 3 is 2.86 bits per heavy atom. The van der Waals surface area contributed by atoms with Gasteiger partial charge in [0.1, 0.15) is 0 Å². The number of nitrogens with zero attached hydrogens (tertiary/aromatic N) is 1. The summed E-state index contributed by atoms with van der Waals surface area (Å²) >= 11 is 3.29. The lowest BCUT2D eigenvalue weighted by Gasteiger charge is -2.18. The number of halogens is 1. The third-order valence-corrected chi connectivity index (χ3v) is 4.26. The number of carboxylic acids is 1. The molecule has 21 heavy (non-hydrogen) atoms. The van der Waals surface area contributed by atoms with E-state index in [0.717, 1.165) is 6.42 Å². The van der Waals surface area contributed by atoms with Crippen LogP contribution in [-0.4, -0.2) is 46.8 Å². The molecule has 1 atom stereocenters. The average molecular weight is 357 g/mol. The van der Waals surface area contributed by atoms with Gasteiger partial charge in [-0.3, -0.25) is 0 Å². The average Bonchev–Trinajstić information content (AvgIpc) is 2.90.